The van der Waals surface area contributed by atoms with Gasteiger partial charge in [0, 0.05) is 17.2 Å². The molecule has 1 aliphatic rings. The lowest BCUT2D eigenvalue weighted by atomic mass is 10.1. The highest BCUT2D eigenvalue weighted by Gasteiger charge is 2.26. The van der Waals surface area contributed by atoms with Gasteiger partial charge in [0.25, 0.3) is 5.91 Å². The Bertz CT molecular complexity index is 975. The van der Waals surface area contributed by atoms with Gasteiger partial charge in [-0.25, -0.2) is 0 Å². The van der Waals surface area contributed by atoms with Gasteiger partial charge in [0.2, 0.25) is 6.10 Å². The van der Waals surface area contributed by atoms with Crippen LogP contribution < -0.4 is 5.32 Å². The Hall–Kier alpha value is -3.41. The molecular weight excluding hydrogens is 342 g/mol. The number of benzene rings is 2. The minimum absolute atomic E-state index is 0.310. The van der Waals surface area contributed by atoms with E-state index in [-0.39, 0.29) is 5.91 Å². The maximum absolute atomic E-state index is 12.5. The zero-order valence-electron chi connectivity index (χ0n) is 15.1. The van der Waals surface area contributed by atoms with Crippen LogP contribution in [-0.2, 0) is 9.63 Å². The molecule has 0 saturated carbocycles. The molecule has 27 heavy (non-hydrogen) atoms. The standard InChI is InChI=1S/C21H19N3O3/c1-3-18(21(25)22-19-12-13(2)26-23-19)27-24-20-16-10-6-4-8-14(16)15-9-5-7-11-17(15)20/h4-12,18H,3H2,1-2H3,(H,22,23,25)/t18-/m0/s1. The van der Waals surface area contributed by atoms with Gasteiger partial charge in [-0.2, -0.15) is 0 Å². The van der Waals surface area contributed by atoms with E-state index in [9.17, 15) is 4.79 Å². The molecule has 6 heteroatoms. The maximum atomic E-state index is 12.5. The highest BCUT2D eigenvalue weighted by molar-refractivity contribution is 6.24. The number of carbonyl (C=O) groups excluding carboxylic acids is 1. The predicted octanol–water partition coefficient (Wildman–Crippen LogP) is 4.15. The third-order valence-electron chi connectivity index (χ3n) is 4.47. The summed E-state index contributed by atoms with van der Waals surface area (Å²) in [6.45, 7) is 3.63. The Morgan fingerprint density at radius 2 is 1.70 bits per heavy atom. The zero-order valence-corrected chi connectivity index (χ0v) is 15.1. The van der Waals surface area contributed by atoms with E-state index in [0.29, 0.717) is 18.0 Å². The van der Waals surface area contributed by atoms with E-state index < -0.39 is 6.10 Å². The molecule has 0 radical (unpaired) electrons. The fourth-order valence-electron chi connectivity index (χ4n) is 3.15. The summed E-state index contributed by atoms with van der Waals surface area (Å²) in [6.07, 6.45) is -0.252. The molecule has 6 nitrogen and oxygen atoms in total. The molecule has 1 N–H and O–H groups in total. The molecule has 1 aromatic heterocycles. The van der Waals surface area contributed by atoms with Gasteiger partial charge in [-0.05, 0) is 24.5 Å². The Labute approximate surface area is 156 Å². The second-order valence-corrected chi connectivity index (χ2v) is 6.35. The van der Waals surface area contributed by atoms with Crippen molar-refractivity contribution in [2.75, 3.05) is 5.32 Å². The number of nitrogens with zero attached hydrogens (tertiary/aromatic N) is 2. The van der Waals surface area contributed by atoms with Crippen LogP contribution in [0.25, 0.3) is 11.1 Å². The van der Waals surface area contributed by atoms with Crippen molar-refractivity contribution < 1.29 is 14.2 Å². The first-order chi connectivity index (χ1) is 13.2. The normalized spacial score (nSPS) is 12.9. The summed E-state index contributed by atoms with van der Waals surface area (Å²) < 4.78 is 4.97. The molecule has 0 unspecified atom stereocenters. The second-order valence-electron chi connectivity index (χ2n) is 6.35. The highest BCUT2D eigenvalue weighted by Crippen LogP contribution is 2.36. The molecule has 1 amide bonds. The van der Waals surface area contributed by atoms with Crippen LogP contribution in [0, 0.1) is 6.92 Å². The topological polar surface area (TPSA) is 76.7 Å². The van der Waals surface area contributed by atoms with Crippen LogP contribution in [0.2, 0.25) is 0 Å². The monoisotopic (exact) mass is 361 g/mol. The molecule has 0 spiro atoms. The average Bonchev–Trinajstić information content (AvgIpc) is 3.24. The van der Waals surface area contributed by atoms with E-state index in [1.807, 2.05) is 43.3 Å². The van der Waals surface area contributed by atoms with Gasteiger partial charge in [-0.1, -0.05) is 65.8 Å². The summed E-state index contributed by atoms with van der Waals surface area (Å²) in [5.74, 6) is 0.678. The van der Waals surface area contributed by atoms with Crippen molar-refractivity contribution in [3.05, 3.63) is 71.5 Å². The number of nitrogens with one attached hydrogen (secondary N) is 1. The minimum Gasteiger partial charge on any atom is -0.382 e. The number of aromatic nitrogens is 1. The van der Waals surface area contributed by atoms with E-state index in [0.717, 1.165) is 28.0 Å². The molecule has 0 saturated heterocycles. The molecule has 3 aromatic rings. The van der Waals surface area contributed by atoms with E-state index in [1.165, 1.54) is 0 Å². The lowest BCUT2D eigenvalue weighted by Gasteiger charge is -2.12. The maximum Gasteiger partial charge on any atom is 0.269 e. The quantitative estimate of drug-likeness (QED) is 0.542. The summed E-state index contributed by atoms with van der Waals surface area (Å²) in [5.41, 5.74) is 4.98. The molecule has 0 fully saturated rings. The smallest absolute Gasteiger partial charge is 0.269 e. The molecule has 136 valence electrons. The van der Waals surface area contributed by atoms with Gasteiger partial charge in [-0.15, -0.1) is 0 Å². The van der Waals surface area contributed by atoms with E-state index >= 15 is 0 Å². The van der Waals surface area contributed by atoms with Gasteiger partial charge in [-0.3, -0.25) is 4.79 Å². The Morgan fingerprint density at radius 3 is 2.22 bits per heavy atom. The number of hydrogen-bond donors (Lipinski definition) is 1. The van der Waals surface area contributed by atoms with Gasteiger partial charge in [0.1, 0.15) is 11.5 Å². The van der Waals surface area contributed by atoms with E-state index in [2.05, 4.69) is 27.8 Å². The lowest BCUT2D eigenvalue weighted by molar-refractivity contribution is -0.127. The Balaban J connectivity index is 1.58. The van der Waals surface area contributed by atoms with Gasteiger partial charge in [0.05, 0.1) is 0 Å². The van der Waals surface area contributed by atoms with Crippen LogP contribution in [0.1, 0.15) is 30.2 Å². The number of fused-ring (bicyclic) bond motifs is 3. The van der Waals surface area contributed by atoms with Crippen LogP contribution >= 0.6 is 0 Å². The third-order valence-corrected chi connectivity index (χ3v) is 4.47. The molecule has 1 heterocycles. The number of aryl methyl sites for hydroxylation is 1. The third kappa shape index (κ3) is 3.21. The second kappa shape index (κ2) is 7.07. The van der Waals surface area contributed by atoms with Crippen molar-refractivity contribution in [2.24, 2.45) is 5.16 Å². The summed E-state index contributed by atoms with van der Waals surface area (Å²) in [6, 6.07) is 17.7. The number of hydrogen-bond acceptors (Lipinski definition) is 5. The number of carbonyl (C=O) groups is 1. The van der Waals surface area contributed by atoms with Crippen molar-refractivity contribution in [1.29, 1.82) is 0 Å². The SMILES string of the molecule is CC[C@H](ON=C1c2ccccc2-c2ccccc21)C(=O)Nc1cc(C)on1. The first-order valence-electron chi connectivity index (χ1n) is 8.84. The van der Waals surface area contributed by atoms with Crippen LogP contribution in [0.5, 0.6) is 0 Å². The number of oxime groups is 1. The molecule has 1 atom stereocenters. The fourth-order valence-corrected chi connectivity index (χ4v) is 3.15. The van der Waals surface area contributed by atoms with Crippen molar-refractivity contribution in [1.82, 2.24) is 5.16 Å². The van der Waals surface area contributed by atoms with E-state index in [4.69, 9.17) is 9.36 Å². The van der Waals surface area contributed by atoms with Crippen molar-refractivity contribution >= 4 is 17.4 Å². The summed E-state index contributed by atoms with van der Waals surface area (Å²) in [5, 5.41) is 10.8. The zero-order chi connectivity index (χ0) is 18.8. The Morgan fingerprint density at radius 1 is 1.11 bits per heavy atom. The van der Waals surface area contributed by atoms with Gasteiger partial charge >= 0.3 is 0 Å². The van der Waals surface area contributed by atoms with Crippen molar-refractivity contribution in [3.63, 3.8) is 0 Å². The summed E-state index contributed by atoms with van der Waals surface area (Å²) >= 11 is 0. The minimum atomic E-state index is -0.727. The number of rotatable bonds is 5. The first-order valence-corrected chi connectivity index (χ1v) is 8.84. The van der Waals surface area contributed by atoms with Gasteiger partial charge in [0.15, 0.2) is 5.82 Å². The molecule has 2 aromatic carbocycles. The molecule has 4 rings (SSSR count). The van der Waals surface area contributed by atoms with Crippen molar-refractivity contribution in [2.45, 2.75) is 26.4 Å². The number of anilines is 1. The molecular formula is C21H19N3O3. The van der Waals surface area contributed by atoms with E-state index in [1.54, 1.807) is 13.0 Å². The van der Waals surface area contributed by atoms with Gasteiger partial charge < -0.3 is 14.7 Å². The summed E-state index contributed by atoms with van der Waals surface area (Å²) in [4.78, 5) is 18.1. The first kappa shape index (κ1) is 17.0. The van der Waals surface area contributed by atoms with Crippen molar-refractivity contribution in [3.8, 4) is 11.1 Å². The van der Waals surface area contributed by atoms with Crippen LogP contribution in [-0.4, -0.2) is 22.9 Å². The van der Waals surface area contributed by atoms with Crippen LogP contribution in [0.3, 0.4) is 0 Å². The molecule has 0 bridgehead atoms. The molecule has 0 aliphatic heterocycles. The lowest BCUT2D eigenvalue weighted by Crippen LogP contribution is -2.29. The largest absolute Gasteiger partial charge is 0.382 e. The Kier molecular flexibility index (Phi) is 4.46. The fraction of sp³-hybridized carbons (Fsp3) is 0.190. The molecule has 1 aliphatic carbocycles. The summed E-state index contributed by atoms with van der Waals surface area (Å²) in [7, 11) is 0. The average molecular weight is 361 g/mol. The van der Waals surface area contributed by atoms with Crippen LogP contribution in [0.15, 0.2) is 64.3 Å². The number of amides is 1. The predicted molar refractivity (Wildman–Crippen MR) is 103 cm³/mol. The highest BCUT2D eigenvalue weighted by atomic mass is 16.6. The van der Waals surface area contributed by atoms with Crippen LogP contribution in [0.4, 0.5) is 5.82 Å².